The van der Waals surface area contributed by atoms with Crippen LogP contribution in [-0.4, -0.2) is 19.0 Å². The van der Waals surface area contributed by atoms with Crippen LogP contribution in [-0.2, 0) is 0 Å². The van der Waals surface area contributed by atoms with Gasteiger partial charge in [0.05, 0.1) is 20.4 Å². The monoisotopic (exact) mass is 548 g/mol. The molecule has 0 aliphatic rings. The summed E-state index contributed by atoms with van der Waals surface area (Å²) in [6.45, 7) is 4.01. The third-order valence-corrected chi connectivity index (χ3v) is 4.78. The number of ketones is 1. The van der Waals surface area contributed by atoms with Gasteiger partial charge >= 0.3 is 0 Å². The van der Waals surface area contributed by atoms with Crippen LogP contribution in [0.1, 0.15) is 29.8 Å². The summed E-state index contributed by atoms with van der Waals surface area (Å²) in [6, 6.07) is 11.1. The summed E-state index contributed by atoms with van der Waals surface area (Å²) in [6.07, 6.45) is 3.55. The molecular formula is C19H18I2O3. The van der Waals surface area contributed by atoms with E-state index in [1.165, 1.54) is 0 Å². The molecule has 2 rings (SSSR count). The minimum absolute atomic E-state index is 0.0369. The third kappa shape index (κ3) is 5.20. The Kier molecular flexibility index (Phi) is 7.09. The van der Waals surface area contributed by atoms with E-state index in [0.717, 1.165) is 24.2 Å². The zero-order chi connectivity index (χ0) is 17.7. The van der Waals surface area contributed by atoms with Crippen LogP contribution in [0.4, 0.5) is 0 Å². The number of ether oxygens (including phenoxy) is 2. The lowest BCUT2D eigenvalue weighted by Gasteiger charge is -2.14. The van der Waals surface area contributed by atoms with Crippen molar-refractivity contribution in [1.29, 1.82) is 0 Å². The quantitative estimate of drug-likeness (QED) is 0.269. The highest BCUT2D eigenvalue weighted by molar-refractivity contribution is 14.1. The van der Waals surface area contributed by atoms with Crippen LogP contribution in [0.3, 0.4) is 0 Å². The number of hydrogen-bond acceptors (Lipinski definition) is 3. The highest BCUT2D eigenvalue weighted by Crippen LogP contribution is 2.30. The summed E-state index contributed by atoms with van der Waals surface area (Å²) in [5.41, 5.74) is 1.61. The number of rotatable bonds is 6. The minimum atomic E-state index is -0.0369. The molecule has 0 amide bonds. The Hall–Kier alpha value is -1.09. The predicted octanol–water partition coefficient (Wildman–Crippen LogP) is 5.59. The fraction of sp³-hybridized carbons (Fsp3) is 0.211. The van der Waals surface area contributed by atoms with Crippen LogP contribution >= 0.6 is 45.2 Å². The van der Waals surface area contributed by atoms with Crippen molar-refractivity contribution in [1.82, 2.24) is 0 Å². The molecule has 0 aliphatic carbocycles. The molecule has 0 bridgehead atoms. The highest BCUT2D eigenvalue weighted by atomic mass is 127. The maximum absolute atomic E-state index is 12.2. The van der Waals surface area contributed by atoms with E-state index in [2.05, 4.69) is 45.2 Å². The van der Waals surface area contributed by atoms with Crippen LogP contribution in [0.25, 0.3) is 6.08 Å². The molecule has 5 heteroatoms. The SMILES string of the molecule is COc1ccc(C(=O)/C=C/c2cc(I)c(OC(C)C)c(I)c2)cc1. The van der Waals surface area contributed by atoms with Gasteiger partial charge in [0.15, 0.2) is 5.78 Å². The Morgan fingerprint density at radius 3 is 2.17 bits per heavy atom. The average molecular weight is 548 g/mol. The van der Waals surface area contributed by atoms with E-state index in [9.17, 15) is 4.79 Å². The molecule has 0 saturated carbocycles. The molecule has 0 saturated heterocycles. The number of carbonyl (C=O) groups is 1. The molecule has 2 aromatic carbocycles. The molecule has 126 valence electrons. The normalized spacial score (nSPS) is 11.1. The van der Waals surface area contributed by atoms with Gasteiger partial charge in [-0.05, 0) is 107 Å². The molecule has 0 aliphatic heterocycles. The lowest BCUT2D eigenvalue weighted by molar-refractivity contribution is 0.104. The lowest BCUT2D eigenvalue weighted by atomic mass is 10.1. The fourth-order valence-electron chi connectivity index (χ4n) is 2.05. The molecule has 3 nitrogen and oxygen atoms in total. The second kappa shape index (κ2) is 8.84. The van der Waals surface area contributed by atoms with E-state index in [1.54, 1.807) is 37.5 Å². The molecule has 0 radical (unpaired) electrons. The Labute approximate surface area is 169 Å². The summed E-state index contributed by atoms with van der Waals surface area (Å²) in [7, 11) is 1.60. The molecule has 0 aromatic heterocycles. The summed E-state index contributed by atoms with van der Waals surface area (Å²) in [5.74, 6) is 1.59. The number of carbonyl (C=O) groups excluding carboxylic acids is 1. The molecule has 0 spiro atoms. The van der Waals surface area contributed by atoms with Gasteiger partial charge in [0.2, 0.25) is 0 Å². The smallest absolute Gasteiger partial charge is 0.185 e. The zero-order valence-electron chi connectivity index (χ0n) is 13.7. The molecule has 0 N–H and O–H groups in total. The summed E-state index contributed by atoms with van der Waals surface area (Å²) in [5, 5.41) is 0. The summed E-state index contributed by atoms with van der Waals surface area (Å²) < 4.78 is 13.0. The van der Waals surface area contributed by atoms with Gasteiger partial charge in [-0.3, -0.25) is 4.79 Å². The largest absolute Gasteiger partial charge is 0.497 e. The van der Waals surface area contributed by atoms with E-state index >= 15 is 0 Å². The van der Waals surface area contributed by atoms with Crippen molar-refractivity contribution >= 4 is 57.0 Å². The van der Waals surface area contributed by atoms with E-state index in [4.69, 9.17) is 9.47 Å². The molecule has 0 unspecified atom stereocenters. The van der Waals surface area contributed by atoms with Gasteiger partial charge in [0.1, 0.15) is 11.5 Å². The van der Waals surface area contributed by atoms with Crippen molar-refractivity contribution in [2.45, 2.75) is 20.0 Å². The number of benzene rings is 2. The molecule has 0 fully saturated rings. The maximum Gasteiger partial charge on any atom is 0.185 e. The van der Waals surface area contributed by atoms with Gasteiger partial charge in [-0.1, -0.05) is 6.08 Å². The van der Waals surface area contributed by atoms with Crippen LogP contribution < -0.4 is 9.47 Å². The second-order valence-electron chi connectivity index (χ2n) is 5.41. The average Bonchev–Trinajstić information content (AvgIpc) is 2.56. The van der Waals surface area contributed by atoms with E-state index in [0.29, 0.717) is 5.56 Å². The third-order valence-electron chi connectivity index (χ3n) is 3.18. The predicted molar refractivity (Wildman–Crippen MR) is 114 cm³/mol. The molecule has 24 heavy (non-hydrogen) atoms. The van der Waals surface area contributed by atoms with Crippen molar-refractivity contribution < 1.29 is 14.3 Å². The van der Waals surface area contributed by atoms with Gasteiger partial charge in [0.25, 0.3) is 0 Å². The first-order valence-electron chi connectivity index (χ1n) is 7.43. The Morgan fingerprint density at radius 2 is 1.67 bits per heavy atom. The standard InChI is InChI=1S/C19H18I2O3/c1-12(2)24-19-16(20)10-13(11-17(19)21)4-9-18(22)14-5-7-15(23-3)8-6-14/h4-12H,1-3H3/b9-4+. The molecule has 0 atom stereocenters. The van der Waals surface area contributed by atoms with Crippen molar-refractivity contribution in [3.8, 4) is 11.5 Å². The first-order chi connectivity index (χ1) is 11.4. The summed E-state index contributed by atoms with van der Waals surface area (Å²) >= 11 is 4.52. The fourth-order valence-corrected chi connectivity index (χ4v) is 4.12. The van der Waals surface area contributed by atoms with Gasteiger partial charge in [-0.25, -0.2) is 0 Å². The Balaban J connectivity index is 2.17. The van der Waals surface area contributed by atoms with Crippen LogP contribution in [0.2, 0.25) is 0 Å². The lowest BCUT2D eigenvalue weighted by Crippen LogP contribution is -2.08. The van der Waals surface area contributed by atoms with Gasteiger partial charge in [-0.15, -0.1) is 0 Å². The van der Waals surface area contributed by atoms with E-state index < -0.39 is 0 Å². The number of hydrogen-bond donors (Lipinski definition) is 0. The van der Waals surface area contributed by atoms with Crippen molar-refractivity contribution in [3.05, 3.63) is 60.7 Å². The molecular weight excluding hydrogens is 530 g/mol. The zero-order valence-corrected chi connectivity index (χ0v) is 18.0. The van der Waals surface area contributed by atoms with Crippen LogP contribution in [0, 0.1) is 7.14 Å². The number of methoxy groups -OCH3 is 1. The first-order valence-corrected chi connectivity index (χ1v) is 9.58. The van der Waals surface area contributed by atoms with Gasteiger partial charge in [-0.2, -0.15) is 0 Å². The Bertz CT molecular complexity index is 727. The number of halogens is 2. The van der Waals surface area contributed by atoms with Crippen molar-refractivity contribution in [2.75, 3.05) is 7.11 Å². The van der Waals surface area contributed by atoms with Gasteiger partial charge < -0.3 is 9.47 Å². The molecule has 2 aromatic rings. The first kappa shape index (κ1) is 19.2. The van der Waals surface area contributed by atoms with Crippen molar-refractivity contribution in [2.24, 2.45) is 0 Å². The molecule has 0 heterocycles. The number of allylic oxidation sites excluding steroid dienone is 1. The van der Waals surface area contributed by atoms with Crippen LogP contribution in [0.15, 0.2) is 42.5 Å². The summed E-state index contributed by atoms with van der Waals surface area (Å²) in [4.78, 5) is 12.2. The topological polar surface area (TPSA) is 35.5 Å². The van der Waals surface area contributed by atoms with Crippen LogP contribution in [0.5, 0.6) is 11.5 Å². The van der Waals surface area contributed by atoms with Crippen molar-refractivity contribution in [3.63, 3.8) is 0 Å². The van der Waals surface area contributed by atoms with E-state index in [1.807, 2.05) is 32.1 Å². The van der Waals surface area contributed by atoms with Gasteiger partial charge in [0, 0.05) is 5.56 Å². The highest BCUT2D eigenvalue weighted by Gasteiger charge is 2.10. The maximum atomic E-state index is 12.2. The second-order valence-corrected chi connectivity index (χ2v) is 7.73. The van der Waals surface area contributed by atoms with E-state index in [-0.39, 0.29) is 11.9 Å². The Morgan fingerprint density at radius 1 is 1.08 bits per heavy atom. The minimum Gasteiger partial charge on any atom is -0.497 e.